The fourth-order valence-corrected chi connectivity index (χ4v) is 4.51. The first kappa shape index (κ1) is 19.9. The van der Waals surface area contributed by atoms with Crippen LogP contribution in [-0.2, 0) is 20.8 Å². The zero-order valence-corrected chi connectivity index (χ0v) is 17.2. The average molecular weight is 404 g/mol. The molecule has 1 aliphatic heterocycles. The van der Waals surface area contributed by atoms with E-state index in [0.717, 1.165) is 27.7 Å². The van der Waals surface area contributed by atoms with Crippen molar-refractivity contribution in [3.63, 3.8) is 0 Å². The molecule has 1 saturated heterocycles. The Hall–Kier alpha value is -3.41. The monoisotopic (exact) mass is 404 g/mol. The van der Waals surface area contributed by atoms with Crippen molar-refractivity contribution in [2.45, 2.75) is 33.2 Å². The fraction of sp³-hybridized carbons (Fsp3) is 0.292. The third kappa shape index (κ3) is 3.18. The number of para-hydroxylation sites is 1. The predicted octanol–water partition coefficient (Wildman–Crippen LogP) is 3.39. The highest BCUT2D eigenvalue weighted by Gasteiger charge is 2.50. The van der Waals surface area contributed by atoms with Crippen LogP contribution >= 0.6 is 0 Å². The maximum absolute atomic E-state index is 12.8. The van der Waals surface area contributed by atoms with Crippen molar-refractivity contribution < 1.29 is 19.5 Å². The van der Waals surface area contributed by atoms with Crippen LogP contribution in [0.3, 0.4) is 0 Å². The first-order valence-corrected chi connectivity index (χ1v) is 10.0. The lowest BCUT2D eigenvalue weighted by Crippen LogP contribution is -2.32. The van der Waals surface area contributed by atoms with Gasteiger partial charge >= 0.3 is 0 Å². The van der Waals surface area contributed by atoms with E-state index in [1.165, 1.54) is 11.8 Å². The number of benzene rings is 2. The van der Waals surface area contributed by atoms with Crippen LogP contribution in [0.25, 0.3) is 10.9 Å². The number of nitrogens with one attached hydrogen (secondary N) is 1. The number of phenols is 1. The number of likely N-dealkylation sites (tertiary alicyclic amines) is 1. The largest absolute Gasteiger partial charge is 0.508 e. The number of aromatic amines is 1. The van der Waals surface area contributed by atoms with Crippen LogP contribution < -0.4 is 0 Å². The molecule has 1 aliphatic rings. The van der Waals surface area contributed by atoms with Crippen LogP contribution in [0, 0.1) is 19.8 Å². The van der Waals surface area contributed by atoms with E-state index in [1.54, 1.807) is 12.1 Å². The van der Waals surface area contributed by atoms with Gasteiger partial charge in [-0.3, -0.25) is 14.4 Å². The van der Waals surface area contributed by atoms with E-state index < -0.39 is 23.7 Å². The molecular weight excluding hydrogens is 380 g/mol. The highest BCUT2D eigenvalue weighted by atomic mass is 16.3. The number of carbonyl (C=O) groups excluding carboxylic acids is 3. The molecule has 0 aliphatic carbocycles. The number of nitrogens with zero attached hydrogens (tertiary/aromatic N) is 1. The molecule has 0 bridgehead atoms. The number of rotatable bonds is 5. The van der Waals surface area contributed by atoms with Crippen LogP contribution in [0.2, 0.25) is 0 Å². The molecule has 6 nitrogen and oxygen atoms in total. The number of aromatic nitrogens is 1. The molecule has 2 N–H and O–H groups in total. The van der Waals surface area contributed by atoms with Crippen molar-refractivity contribution in [1.29, 1.82) is 0 Å². The summed E-state index contributed by atoms with van der Waals surface area (Å²) < 4.78 is 0. The second-order valence-electron chi connectivity index (χ2n) is 7.98. The summed E-state index contributed by atoms with van der Waals surface area (Å²) in [4.78, 5) is 42.6. The molecule has 2 unspecified atom stereocenters. The molecule has 2 aromatic carbocycles. The highest BCUT2D eigenvalue weighted by Crippen LogP contribution is 2.41. The van der Waals surface area contributed by atoms with Crippen molar-refractivity contribution in [1.82, 2.24) is 9.88 Å². The van der Waals surface area contributed by atoms with Crippen LogP contribution in [-0.4, -0.2) is 39.0 Å². The normalized spacial score (nSPS) is 19.1. The lowest BCUT2D eigenvalue weighted by molar-refractivity contribution is -0.142. The van der Waals surface area contributed by atoms with Gasteiger partial charge in [0.1, 0.15) is 17.5 Å². The van der Waals surface area contributed by atoms with Gasteiger partial charge in [0.2, 0.25) is 5.78 Å². The molecular formula is C24H24N2O4. The number of H-pyrrole nitrogens is 1. The van der Waals surface area contributed by atoms with Crippen molar-refractivity contribution in [2.75, 3.05) is 6.54 Å². The zero-order chi connectivity index (χ0) is 21.6. The number of aromatic hydroxyl groups is 1. The van der Waals surface area contributed by atoms with E-state index >= 15 is 0 Å². The Bertz CT molecular complexity index is 1180. The molecule has 2 heterocycles. The SMILES string of the molecule is CC(=O)C1C(=O)C(=O)N(CCc2c(C)[nH]c3ccccc23)C1c1ccc(C)cc1O. The molecule has 3 aromatic rings. The number of aryl methyl sites for hydroxylation is 2. The van der Waals surface area contributed by atoms with Gasteiger partial charge in [0.25, 0.3) is 5.91 Å². The van der Waals surface area contributed by atoms with Crippen LogP contribution in [0.5, 0.6) is 5.75 Å². The number of hydrogen-bond acceptors (Lipinski definition) is 4. The lowest BCUT2D eigenvalue weighted by Gasteiger charge is -2.27. The third-order valence-electron chi connectivity index (χ3n) is 5.98. The lowest BCUT2D eigenvalue weighted by atomic mass is 9.89. The molecule has 0 saturated carbocycles. The summed E-state index contributed by atoms with van der Waals surface area (Å²) in [5.41, 5.74) is 4.38. The Morgan fingerprint density at radius 1 is 1.13 bits per heavy atom. The van der Waals surface area contributed by atoms with Crippen molar-refractivity contribution in [3.8, 4) is 5.75 Å². The third-order valence-corrected chi connectivity index (χ3v) is 5.98. The molecule has 1 amide bonds. The molecule has 2 atom stereocenters. The van der Waals surface area contributed by atoms with E-state index in [2.05, 4.69) is 4.98 Å². The number of amides is 1. The smallest absolute Gasteiger partial charge is 0.291 e. The Labute approximate surface area is 174 Å². The Balaban J connectivity index is 1.72. The van der Waals surface area contributed by atoms with E-state index in [4.69, 9.17) is 0 Å². The molecule has 4 rings (SSSR count). The summed E-state index contributed by atoms with van der Waals surface area (Å²) in [5.74, 6) is -2.86. The zero-order valence-electron chi connectivity index (χ0n) is 17.2. The van der Waals surface area contributed by atoms with E-state index in [0.29, 0.717) is 12.0 Å². The number of ketones is 2. The molecule has 6 heteroatoms. The quantitative estimate of drug-likeness (QED) is 0.504. The van der Waals surface area contributed by atoms with E-state index in [1.807, 2.05) is 44.2 Å². The van der Waals surface area contributed by atoms with Gasteiger partial charge in [-0.25, -0.2) is 0 Å². The van der Waals surface area contributed by atoms with E-state index in [9.17, 15) is 19.5 Å². The van der Waals surface area contributed by atoms with Gasteiger partial charge in [-0.2, -0.15) is 0 Å². The van der Waals surface area contributed by atoms with Gasteiger partial charge in [-0.1, -0.05) is 30.3 Å². The van der Waals surface area contributed by atoms with Crippen LogP contribution in [0.15, 0.2) is 42.5 Å². The Morgan fingerprint density at radius 2 is 1.87 bits per heavy atom. The minimum absolute atomic E-state index is 0.0120. The summed E-state index contributed by atoms with van der Waals surface area (Å²) in [6.45, 7) is 5.42. The molecule has 30 heavy (non-hydrogen) atoms. The maximum Gasteiger partial charge on any atom is 0.291 e. The average Bonchev–Trinajstić information content (AvgIpc) is 3.14. The number of Topliss-reactive ketones (excluding diaryl/α,β-unsaturated/α-hetero) is 2. The molecule has 0 spiro atoms. The summed E-state index contributed by atoms with van der Waals surface area (Å²) in [6, 6.07) is 12.2. The number of fused-ring (bicyclic) bond motifs is 1. The first-order chi connectivity index (χ1) is 14.3. The number of hydrogen-bond donors (Lipinski definition) is 2. The van der Waals surface area contributed by atoms with E-state index in [-0.39, 0.29) is 18.1 Å². The fourth-order valence-electron chi connectivity index (χ4n) is 4.51. The molecule has 1 fully saturated rings. The van der Waals surface area contributed by atoms with Gasteiger partial charge < -0.3 is 15.0 Å². The van der Waals surface area contributed by atoms with Gasteiger partial charge in [0.05, 0.1) is 6.04 Å². The Kier molecular flexibility index (Phi) is 4.94. The molecule has 0 radical (unpaired) electrons. The number of phenolic OH excluding ortho intramolecular Hbond substituents is 1. The molecule has 154 valence electrons. The van der Waals surface area contributed by atoms with Crippen LogP contribution in [0.4, 0.5) is 0 Å². The summed E-state index contributed by atoms with van der Waals surface area (Å²) in [6.07, 6.45) is 0.530. The Morgan fingerprint density at radius 3 is 2.57 bits per heavy atom. The topological polar surface area (TPSA) is 90.5 Å². The second-order valence-corrected chi connectivity index (χ2v) is 7.98. The van der Waals surface area contributed by atoms with Crippen molar-refractivity contribution in [2.24, 2.45) is 5.92 Å². The minimum atomic E-state index is -1.10. The summed E-state index contributed by atoms with van der Waals surface area (Å²) in [7, 11) is 0. The first-order valence-electron chi connectivity index (χ1n) is 10.0. The summed E-state index contributed by atoms with van der Waals surface area (Å²) >= 11 is 0. The number of carbonyl (C=O) groups is 3. The van der Waals surface area contributed by atoms with Crippen molar-refractivity contribution >= 4 is 28.4 Å². The maximum atomic E-state index is 12.8. The van der Waals surface area contributed by atoms with Gasteiger partial charge in [-0.15, -0.1) is 0 Å². The summed E-state index contributed by atoms with van der Waals surface area (Å²) in [5, 5.41) is 11.6. The van der Waals surface area contributed by atoms with Crippen LogP contribution in [0.1, 0.15) is 35.3 Å². The molecule has 1 aromatic heterocycles. The highest BCUT2D eigenvalue weighted by molar-refractivity contribution is 6.42. The van der Waals surface area contributed by atoms with Gasteiger partial charge in [-0.05, 0) is 50.5 Å². The van der Waals surface area contributed by atoms with Gasteiger partial charge in [0.15, 0.2) is 0 Å². The van der Waals surface area contributed by atoms with Crippen molar-refractivity contribution in [3.05, 3.63) is 64.8 Å². The van der Waals surface area contributed by atoms with Gasteiger partial charge in [0, 0.05) is 28.7 Å². The second kappa shape index (κ2) is 7.44. The standard InChI is InChI=1S/C24H24N2O4/c1-13-8-9-18(20(28)12-13)22-21(15(3)27)23(29)24(30)26(22)11-10-16-14(2)25-19-7-5-4-6-17(16)19/h4-9,12,21-22,25,28H,10-11H2,1-3H3. The minimum Gasteiger partial charge on any atom is -0.508 e. The predicted molar refractivity (Wildman–Crippen MR) is 113 cm³/mol.